The van der Waals surface area contributed by atoms with Crippen molar-refractivity contribution in [3.8, 4) is 5.75 Å². The van der Waals surface area contributed by atoms with Crippen LogP contribution >= 0.6 is 0 Å². The normalized spacial score (nSPS) is 11.4. The van der Waals surface area contributed by atoms with E-state index < -0.39 is 17.0 Å². The molecule has 0 fully saturated rings. The third-order valence-electron chi connectivity index (χ3n) is 2.99. The maximum Gasteiger partial charge on any atom is 1.00 e. The van der Waals surface area contributed by atoms with E-state index in [1.165, 1.54) is 0 Å². The summed E-state index contributed by atoms with van der Waals surface area (Å²) in [7, 11) is 0. The zero-order chi connectivity index (χ0) is 17.7. The molecule has 6 nitrogen and oxygen atoms in total. The molecule has 0 unspecified atom stereocenters. The van der Waals surface area contributed by atoms with Crippen LogP contribution in [0.1, 0.15) is 40.5 Å². The molecule has 0 saturated carbocycles. The number of carboxylic acids is 1. The molecule has 1 rings (SSSR count). The van der Waals surface area contributed by atoms with Crippen LogP contribution in [0.25, 0.3) is 0 Å². The van der Waals surface area contributed by atoms with E-state index in [0.29, 0.717) is 11.4 Å². The molecule has 128 valence electrons. The number of aliphatic carboxylic acids is 1. The van der Waals surface area contributed by atoms with Gasteiger partial charge in [0, 0.05) is 18.1 Å². The van der Waals surface area contributed by atoms with E-state index in [1.54, 1.807) is 52.0 Å². The zero-order valence-electron chi connectivity index (χ0n) is 15.0. The van der Waals surface area contributed by atoms with E-state index in [9.17, 15) is 19.8 Å². The Bertz CT molecular complexity index is 549. The van der Waals surface area contributed by atoms with Gasteiger partial charge in [-0.15, -0.1) is 0 Å². The fourth-order valence-corrected chi connectivity index (χ4v) is 1.99. The van der Waals surface area contributed by atoms with Crippen LogP contribution in [0.4, 0.5) is 5.69 Å². The van der Waals surface area contributed by atoms with Gasteiger partial charge in [0.1, 0.15) is 12.4 Å². The predicted molar refractivity (Wildman–Crippen MR) is 84.9 cm³/mol. The van der Waals surface area contributed by atoms with E-state index in [0.717, 1.165) is 0 Å². The Morgan fingerprint density at radius 1 is 1.12 bits per heavy atom. The second-order valence-electron chi connectivity index (χ2n) is 7.06. The van der Waals surface area contributed by atoms with Gasteiger partial charge in [-0.1, -0.05) is 13.8 Å². The summed E-state index contributed by atoms with van der Waals surface area (Å²) in [5.41, 5.74) is -0.995. The largest absolute Gasteiger partial charge is 1.00 e. The first-order chi connectivity index (χ1) is 10.5. The maximum absolute atomic E-state index is 12.0. The molecule has 0 atom stereocenters. The topological polar surface area (TPSA) is 98.7 Å². The van der Waals surface area contributed by atoms with Gasteiger partial charge in [0.2, 0.25) is 5.91 Å². The van der Waals surface area contributed by atoms with Crippen molar-refractivity contribution in [1.82, 2.24) is 0 Å². The monoisotopic (exact) mass is 345 g/mol. The number of anilines is 1. The van der Waals surface area contributed by atoms with Crippen molar-refractivity contribution in [3.05, 3.63) is 24.3 Å². The van der Waals surface area contributed by atoms with Gasteiger partial charge in [-0.25, -0.2) is 0 Å². The summed E-state index contributed by atoms with van der Waals surface area (Å²) in [6, 6.07) is 6.74. The molecule has 1 aromatic rings. The van der Waals surface area contributed by atoms with E-state index in [1.807, 2.05) is 0 Å². The summed E-state index contributed by atoms with van der Waals surface area (Å²) in [4.78, 5) is 22.6. The van der Waals surface area contributed by atoms with Crippen molar-refractivity contribution in [2.45, 2.75) is 46.1 Å². The van der Waals surface area contributed by atoms with Crippen molar-refractivity contribution < 1.29 is 54.1 Å². The van der Waals surface area contributed by atoms with Crippen LogP contribution in [0.2, 0.25) is 0 Å². The van der Waals surface area contributed by atoms with E-state index in [2.05, 4.69) is 5.32 Å². The molecule has 0 bridgehead atoms. The van der Waals surface area contributed by atoms with Crippen molar-refractivity contribution in [2.75, 3.05) is 11.9 Å². The predicted octanol–water partition coefficient (Wildman–Crippen LogP) is -1.66. The van der Waals surface area contributed by atoms with E-state index in [4.69, 9.17) is 4.74 Å². The molecule has 0 aromatic heterocycles. The number of rotatable bonds is 8. The molecule has 2 N–H and O–H groups in total. The van der Waals surface area contributed by atoms with Gasteiger partial charge in [-0.05, 0) is 49.9 Å². The van der Waals surface area contributed by atoms with Gasteiger partial charge in [0.05, 0.1) is 5.60 Å². The number of carboxylic acid groups (broad SMARTS) is 1. The summed E-state index contributed by atoms with van der Waals surface area (Å²) in [5.74, 6) is -0.847. The fourth-order valence-electron chi connectivity index (χ4n) is 1.99. The number of hydrogen-bond donors (Lipinski definition) is 2. The molecule has 0 aliphatic heterocycles. The number of aliphatic hydroxyl groups is 1. The first-order valence-corrected chi connectivity index (χ1v) is 7.42. The van der Waals surface area contributed by atoms with Crippen LogP contribution in [-0.4, -0.2) is 29.2 Å². The number of hydrogen-bond acceptors (Lipinski definition) is 5. The minimum Gasteiger partial charge on any atom is -0.550 e. The molecule has 0 aliphatic rings. The van der Waals surface area contributed by atoms with Crippen LogP contribution in [-0.2, 0) is 9.59 Å². The average Bonchev–Trinajstić information content (AvgIpc) is 2.34. The number of nitrogens with one attached hydrogen (secondary N) is 1. The second kappa shape index (κ2) is 9.42. The molecule has 1 amide bonds. The van der Waals surface area contributed by atoms with Gasteiger partial charge >= 0.3 is 29.6 Å². The smallest absolute Gasteiger partial charge is 0.550 e. The molecular formula is C17H24NNaO5. The van der Waals surface area contributed by atoms with Crippen LogP contribution in [0.15, 0.2) is 24.3 Å². The minimum atomic E-state index is -1.17. The van der Waals surface area contributed by atoms with E-state index >= 15 is 0 Å². The average molecular weight is 345 g/mol. The quantitative estimate of drug-likeness (QED) is 0.549. The first-order valence-electron chi connectivity index (χ1n) is 7.42. The maximum atomic E-state index is 12.0. The Balaban J connectivity index is 0.00000529. The molecule has 0 spiro atoms. The summed E-state index contributed by atoms with van der Waals surface area (Å²) >= 11 is 0. The number of benzene rings is 1. The Morgan fingerprint density at radius 2 is 1.67 bits per heavy atom. The molecule has 24 heavy (non-hydrogen) atoms. The van der Waals surface area contributed by atoms with Crippen molar-refractivity contribution in [2.24, 2.45) is 5.41 Å². The number of carbonyl (C=O) groups is 2. The molecule has 0 aliphatic carbocycles. The van der Waals surface area contributed by atoms with Crippen molar-refractivity contribution in [1.29, 1.82) is 0 Å². The first kappa shape index (κ1) is 22.9. The Hall–Kier alpha value is -1.08. The van der Waals surface area contributed by atoms with Gasteiger partial charge in [-0.3, -0.25) is 4.79 Å². The summed E-state index contributed by atoms with van der Waals surface area (Å²) in [5, 5.41) is 23.0. The van der Waals surface area contributed by atoms with Gasteiger partial charge in [0.25, 0.3) is 0 Å². The number of ether oxygens (including phenoxy) is 1. The molecule has 0 saturated heterocycles. The van der Waals surface area contributed by atoms with Gasteiger partial charge in [-0.2, -0.15) is 0 Å². The summed E-state index contributed by atoms with van der Waals surface area (Å²) in [6.07, 6.45) is -0.0952. The third kappa shape index (κ3) is 9.93. The van der Waals surface area contributed by atoms with Crippen LogP contribution in [0.3, 0.4) is 0 Å². The Kier molecular flexibility index (Phi) is 8.99. The third-order valence-corrected chi connectivity index (χ3v) is 2.99. The summed E-state index contributed by atoms with van der Waals surface area (Å²) < 4.78 is 5.42. The Labute approximate surface area is 164 Å². The van der Waals surface area contributed by atoms with Gasteiger partial charge in [0.15, 0.2) is 0 Å². The zero-order valence-corrected chi connectivity index (χ0v) is 17.0. The number of amides is 1. The molecule has 0 radical (unpaired) electrons. The SMILES string of the molecule is CC(C)(O)COc1ccc(NC(=O)CC(C)(C)CC(=O)[O-])cc1.[Na+]. The molecule has 1 aromatic carbocycles. The van der Waals surface area contributed by atoms with Crippen LogP contribution < -0.4 is 44.7 Å². The van der Waals surface area contributed by atoms with Crippen LogP contribution in [0.5, 0.6) is 5.75 Å². The van der Waals surface area contributed by atoms with Crippen molar-refractivity contribution >= 4 is 17.6 Å². The standard InChI is InChI=1S/C17H25NO5.Na/c1-16(2,10-15(20)21)9-14(19)18-12-5-7-13(8-6-12)23-11-17(3,4)22;/h5-8,22H,9-11H2,1-4H3,(H,18,19)(H,20,21);/q;+1/p-1. The van der Waals surface area contributed by atoms with Gasteiger partial charge < -0.3 is 25.1 Å². The number of carbonyl (C=O) groups excluding carboxylic acids is 2. The molecular weight excluding hydrogens is 321 g/mol. The molecule has 7 heteroatoms. The minimum absolute atomic E-state index is 0. The van der Waals surface area contributed by atoms with Crippen LogP contribution in [0, 0.1) is 5.41 Å². The molecule has 0 heterocycles. The fraction of sp³-hybridized carbons (Fsp3) is 0.529. The summed E-state index contributed by atoms with van der Waals surface area (Å²) in [6.45, 7) is 6.87. The van der Waals surface area contributed by atoms with E-state index in [-0.39, 0.29) is 54.9 Å². The second-order valence-corrected chi connectivity index (χ2v) is 7.06. The van der Waals surface area contributed by atoms with Crippen molar-refractivity contribution in [3.63, 3.8) is 0 Å². The Morgan fingerprint density at radius 3 is 2.12 bits per heavy atom.